The molecule has 0 radical (unpaired) electrons. The molecule has 0 unspecified atom stereocenters. The number of nitrogens with one attached hydrogen (secondary N) is 1. The van der Waals surface area contributed by atoms with Gasteiger partial charge in [0.15, 0.2) is 0 Å². The molecule has 1 aromatic carbocycles. The highest BCUT2D eigenvalue weighted by atomic mass is 79.9. The van der Waals surface area contributed by atoms with Gasteiger partial charge in [-0.25, -0.2) is 13.4 Å². The van der Waals surface area contributed by atoms with Gasteiger partial charge in [-0.2, -0.15) is 0 Å². The van der Waals surface area contributed by atoms with Crippen molar-refractivity contribution in [1.29, 1.82) is 0 Å². The Labute approximate surface area is 175 Å². The van der Waals surface area contributed by atoms with Crippen molar-refractivity contribution in [2.45, 2.75) is 17.7 Å². The second-order valence-electron chi connectivity index (χ2n) is 6.14. The van der Waals surface area contributed by atoms with Crippen molar-refractivity contribution in [3.05, 3.63) is 41.0 Å². The Bertz CT molecular complexity index is 923. The summed E-state index contributed by atoms with van der Waals surface area (Å²) < 4.78 is 74.1. The van der Waals surface area contributed by atoms with E-state index >= 15 is 0 Å². The summed E-state index contributed by atoms with van der Waals surface area (Å²) >= 11 is 3.22. The fourth-order valence-electron chi connectivity index (χ4n) is 2.19. The number of anilines is 1. The molecule has 0 fully saturated rings. The van der Waals surface area contributed by atoms with Gasteiger partial charge in [0.2, 0.25) is 5.88 Å². The Morgan fingerprint density at radius 3 is 2.45 bits per heavy atom. The standard InChI is InChI=1S/C17H19BrF3N3O4S/c1-24(2)8-3-9-27-16-15(10-12(18)11-22-16)23-29(25,26)14-6-4-13(5-7-14)28-17(19,20)21/h4-7,10-11,23H,3,8-9H2,1-2H3. The largest absolute Gasteiger partial charge is 0.573 e. The topological polar surface area (TPSA) is 80.8 Å². The summed E-state index contributed by atoms with van der Waals surface area (Å²) in [6.45, 7) is 1.11. The molecular weight excluding hydrogens is 479 g/mol. The van der Waals surface area contributed by atoms with E-state index in [-0.39, 0.29) is 16.5 Å². The Balaban J connectivity index is 2.15. The number of benzene rings is 1. The Hall–Kier alpha value is -2.05. The summed E-state index contributed by atoms with van der Waals surface area (Å²) in [6.07, 6.45) is -2.70. The Morgan fingerprint density at radius 1 is 1.21 bits per heavy atom. The van der Waals surface area contributed by atoms with Crippen molar-refractivity contribution in [1.82, 2.24) is 9.88 Å². The number of pyridine rings is 1. The molecule has 1 N–H and O–H groups in total. The SMILES string of the molecule is CN(C)CCCOc1ncc(Br)cc1NS(=O)(=O)c1ccc(OC(F)(F)F)cc1. The minimum atomic E-state index is -4.86. The first kappa shape index (κ1) is 23.2. The van der Waals surface area contributed by atoms with Crippen LogP contribution in [0.1, 0.15) is 6.42 Å². The Kier molecular flexibility index (Phi) is 7.72. The van der Waals surface area contributed by atoms with E-state index in [9.17, 15) is 21.6 Å². The third kappa shape index (κ3) is 7.71. The fraction of sp³-hybridized carbons (Fsp3) is 0.353. The number of hydrogen-bond acceptors (Lipinski definition) is 6. The quantitative estimate of drug-likeness (QED) is 0.529. The molecule has 0 amide bonds. The molecule has 2 rings (SSSR count). The first-order valence-electron chi connectivity index (χ1n) is 8.28. The van der Waals surface area contributed by atoms with Crippen LogP contribution >= 0.6 is 15.9 Å². The molecule has 0 aliphatic heterocycles. The molecule has 0 saturated heterocycles. The number of hydrogen-bond donors (Lipinski definition) is 1. The molecule has 12 heteroatoms. The molecule has 2 aromatic rings. The predicted octanol–water partition coefficient (Wildman–Crippen LogP) is 3.87. The molecular formula is C17H19BrF3N3O4S. The smallest absolute Gasteiger partial charge is 0.476 e. The van der Waals surface area contributed by atoms with Crippen LogP contribution in [0.2, 0.25) is 0 Å². The van der Waals surface area contributed by atoms with Crippen LogP contribution in [0, 0.1) is 0 Å². The molecule has 0 spiro atoms. The maximum atomic E-state index is 12.6. The van der Waals surface area contributed by atoms with Crippen molar-refractivity contribution in [2.24, 2.45) is 0 Å². The first-order valence-corrected chi connectivity index (χ1v) is 10.6. The highest BCUT2D eigenvalue weighted by molar-refractivity contribution is 9.10. The predicted molar refractivity (Wildman–Crippen MR) is 105 cm³/mol. The van der Waals surface area contributed by atoms with Gasteiger partial charge < -0.3 is 14.4 Å². The van der Waals surface area contributed by atoms with Crippen LogP contribution in [0.5, 0.6) is 11.6 Å². The molecule has 0 aliphatic carbocycles. The number of rotatable bonds is 9. The average molecular weight is 498 g/mol. The summed E-state index contributed by atoms with van der Waals surface area (Å²) in [7, 11) is -0.255. The summed E-state index contributed by atoms with van der Waals surface area (Å²) in [5.74, 6) is -0.432. The van der Waals surface area contributed by atoms with Crippen LogP contribution in [-0.2, 0) is 10.0 Å². The van der Waals surface area contributed by atoms with Gasteiger partial charge in [-0.3, -0.25) is 4.72 Å². The second-order valence-corrected chi connectivity index (χ2v) is 8.73. The van der Waals surface area contributed by atoms with Gasteiger partial charge in [0.25, 0.3) is 10.0 Å². The number of ether oxygens (including phenoxy) is 2. The fourth-order valence-corrected chi connectivity index (χ4v) is 3.57. The molecule has 0 saturated carbocycles. The Morgan fingerprint density at radius 2 is 1.86 bits per heavy atom. The lowest BCUT2D eigenvalue weighted by atomic mass is 10.3. The summed E-state index contributed by atoms with van der Waals surface area (Å²) in [5.41, 5.74) is 0.0971. The third-order valence-electron chi connectivity index (χ3n) is 3.42. The lowest BCUT2D eigenvalue weighted by molar-refractivity contribution is -0.274. The van der Waals surface area contributed by atoms with E-state index in [2.05, 4.69) is 30.4 Å². The number of sulfonamides is 1. The number of halogens is 4. The molecule has 1 aromatic heterocycles. The van der Waals surface area contributed by atoms with Crippen molar-refractivity contribution in [3.63, 3.8) is 0 Å². The van der Waals surface area contributed by atoms with E-state index in [0.29, 0.717) is 17.5 Å². The zero-order chi connectivity index (χ0) is 21.7. The van der Waals surface area contributed by atoms with Gasteiger partial charge in [0.1, 0.15) is 11.4 Å². The van der Waals surface area contributed by atoms with Crippen molar-refractivity contribution >= 4 is 31.6 Å². The van der Waals surface area contributed by atoms with E-state index in [4.69, 9.17) is 4.74 Å². The van der Waals surface area contributed by atoms with Crippen LogP contribution < -0.4 is 14.2 Å². The van der Waals surface area contributed by atoms with Gasteiger partial charge in [-0.05, 0) is 66.8 Å². The monoisotopic (exact) mass is 497 g/mol. The van der Waals surface area contributed by atoms with Crippen molar-refractivity contribution < 1.29 is 31.1 Å². The molecule has 0 bridgehead atoms. The van der Waals surface area contributed by atoms with Crippen LogP contribution in [0.15, 0.2) is 45.9 Å². The van der Waals surface area contributed by atoms with Gasteiger partial charge in [0, 0.05) is 17.2 Å². The molecule has 1 heterocycles. The average Bonchev–Trinajstić information content (AvgIpc) is 2.59. The lowest BCUT2D eigenvalue weighted by Gasteiger charge is -2.14. The molecule has 29 heavy (non-hydrogen) atoms. The number of aromatic nitrogens is 1. The van der Waals surface area contributed by atoms with Gasteiger partial charge in [0.05, 0.1) is 11.5 Å². The highest BCUT2D eigenvalue weighted by Gasteiger charge is 2.31. The minimum Gasteiger partial charge on any atom is -0.476 e. The normalized spacial score (nSPS) is 12.1. The van der Waals surface area contributed by atoms with Crippen molar-refractivity contribution in [2.75, 3.05) is 32.0 Å². The van der Waals surface area contributed by atoms with E-state index in [1.165, 1.54) is 12.3 Å². The van der Waals surface area contributed by atoms with Crippen LogP contribution in [0.4, 0.5) is 18.9 Å². The summed E-state index contributed by atoms with van der Waals surface area (Å²) in [6, 6.07) is 5.32. The van der Waals surface area contributed by atoms with E-state index < -0.39 is 22.1 Å². The van der Waals surface area contributed by atoms with Crippen LogP contribution in [0.3, 0.4) is 0 Å². The van der Waals surface area contributed by atoms with E-state index in [1.54, 1.807) is 0 Å². The van der Waals surface area contributed by atoms with Crippen LogP contribution in [0.25, 0.3) is 0 Å². The van der Waals surface area contributed by atoms with E-state index in [1.807, 2.05) is 19.0 Å². The molecule has 0 aliphatic rings. The first-order chi connectivity index (χ1) is 13.5. The maximum Gasteiger partial charge on any atom is 0.573 e. The van der Waals surface area contributed by atoms with Crippen molar-refractivity contribution in [3.8, 4) is 11.6 Å². The molecule has 7 nitrogen and oxygen atoms in total. The third-order valence-corrected chi connectivity index (χ3v) is 5.23. The number of nitrogens with zero attached hydrogens (tertiary/aromatic N) is 2. The second kappa shape index (κ2) is 9.63. The lowest BCUT2D eigenvalue weighted by Crippen LogP contribution is -2.18. The van der Waals surface area contributed by atoms with Crippen LogP contribution in [-0.4, -0.2) is 51.9 Å². The minimum absolute atomic E-state index is 0.0903. The zero-order valence-corrected chi connectivity index (χ0v) is 17.9. The maximum absolute atomic E-state index is 12.6. The zero-order valence-electron chi connectivity index (χ0n) is 15.5. The van der Waals surface area contributed by atoms with E-state index in [0.717, 1.165) is 30.8 Å². The summed E-state index contributed by atoms with van der Waals surface area (Å²) in [4.78, 5) is 5.81. The molecule has 0 atom stereocenters. The summed E-state index contributed by atoms with van der Waals surface area (Å²) in [5, 5.41) is 0. The van der Waals surface area contributed by atoms with Gasteiger partial charge in [-0.1, -0.05) is 0 Å². The highest BCUT2D eigenvalue weighted by Crippen LogP contribution is 2.29. The van der Waals surface area contributed by atoms with Gasteiger partial charge >= 0.3 is 6.36 Å². The molecule has 160 valence electrons. The number of alkyl halides is 3. The van der Waals surface area contributed by atoms with Gasteiger partial charge in [-0.15, -0.1) is 13.2 Å².